The van der Waals surface area contributed by atoms with Crippen molar-refractivity contribution in [2.45, 2.75) is 19.3 Å². The van der Waals surface area contributed by atoms with Crippen LogP contribution in [0.25, 0.3) is 0 Å². The Balaban J connectivity index is 2.11. The number of halogens is 1. The minimum Gasteiger partial charge on any atom is -0.303 e. The molecule has 0 N–H and O–H groups in total. The predicted molar refractivity (Wildman–Crippen MR) is 62.9 cm³/mol. The van der Waals surface area contributed by atoms with Crippen molar-refractivity contribution >= 4 is 23.4 Å². The fourth-order valence-corrected chi connectivity index (χ4v) is 2.58. The van der Waals surface area contributed by atoms with Crippen LogP contribution in [0.1, 0.15) is 19.3 Å². The molecule has 1 aliphatic heterocycles. The molecule has 1 saturated heterocycles. The van der Waals surface area contributed by atoms with Crippen LogP contribution in [0.4, 0.5) is 0 Å². The van der Waals surface area contributed by atoms with Crippen molar-refractivity contribution in [2.75, 3.05) is 37.5 Å². The molecule has 0 aromatic rings. The van der Waals surface area contributed by atoms with Crippen LogP contribution in [0.15, 0.2) is 0 Å². The third-order valence-corrected chi connectivity index (χ3v) is 3.78. The normalized spacial score (nSPS) is 24.9. The second-order valence-corrected chi connectivity index (χ2v) is 5.10. The number of hydrogen-bond acceptors (Lipinski definition) is 2. The van der Waals surface area contributed by atoms with E-state index in [1.54, 1.807) is 0 Å². The molecule has 78 valence electrons. The Labute approximate surface area is 91.2 Å². The zero-order valence-electron chi connectivity index (χ0n) is 8.47. The average molecular weight is 222 g/mol. The predicted octanol–water partition coefficient (Wildman–Crippen LogP) is 2.69. The molecular weight excluding hydrogens is 202 g/mol. The van der Waals surface area contributed by atoms with Gasteiger partial charge in [-0.05, 0) is 50.3 Å². The molecule has 3 heteroatoms. The molecule has 0 radical (unpaired) electrons. The zero-order chi connectivity index (χ0) is 9.52. The summed E-state index contributed by atoms with van der Waals surface area (Å²) in [5.74, 6) is 2.89. The first kappa shape index (κ1) is 11.7. The third kappa shape index (κ3) is 4.57. The SMILES string of the molecule is CSCCCN1CCCC(CCl)C1. The first-order chi connectivity index (χ1) is 6.36. The van der Waals surface area contributed by atoms with Crippen molar-refractivity contribution in [3.8, 4) is 0 Å². The summed E-state index contributed by atoms with van der Waals surface area (Å²) in [4.78, 5) is 2.58. The molecule has 1 atom stereocenters. The van der Waals surface area contributed by atoms with Crippen LogP contribution in [0.5, 0.6) is 0 Å². The Kier molecular flexibility index (Phi) is 6.26. The molecular formula is C10H20ClNS. The van der Waals surface area contributed by atoms with E-state index in [0.29, 0.717) is 0 Å². The van der Waals surface area contributed by atoms with Gasteiger partial charge in [0, 0.05) is 12.4 Å². The number of rotatable bonds is 5. The quantitative estimate of drug-likeness (QED) is 0.519. The van der Waals surface area contributed by atoms with Gasteiger partial charge in [-0.25, -0.2) is 0 Å². The average Bonchev–Trinajstić information content (AvgIpc) is 2.19. The van der Waals surface area contributed by atoms with Crippen molar-refractivity contribution in [1.29, 1.82) is 0 Å². The van der Waals surface area contributed by atoms with Gasteiger partial charge in [0.1, 0.15) is 0 Å². The summed E-state index contributed by atoms with van der Waals surface area (Å²) >= 11 is 7.82. The van der Waals surface area contributed by atoms with Crippen LogP contribution in [-0.4, -0.2) is 42.4 Å². The molecule has 0 saturated carbocycles. The fraction of sp³-hybridized carbons (Fsp3) is 1.00. The van der Waals surface area contributed by atoms with Crippen LogP contribution in [0, 0.1) is 5.92 Å². The van der Waals surface area contributed by atoms with Gasteiger partial charge in [-0.15, -0.1) is 11.6 Å². The van der Waals surface area contributed by atoms with Crippen molar-refractivity contribution < 1.29 is 0 Å². The molecule has 0 aromatic carbocycles. The molecule has 1 fully saturated rings. The van der Waals surface area contributed by atoms with E-state index in [2.05, 4.69) is 11.2 Å². The lowest BCUT2D eigenvalue weighted by Gasteiger charge is -2.31. The maximum Gasteiger partial charge on any atom is 0.0263 e. The lowest BCUT2D eigenvalue weighted by molar-refractivity contribution is 0.186. The molecule has 0 bridgehead atoms. The number of hydrogen-bond donors (Lipinski definition) is 0. The summed E-state index contributed by atoms with van der Waals surface area (Å²) in [6, 6.07) is 0. The van der Waals surface area contributed by atoms with Gasteiger partial charge in [0.05, 0.1) is 0 Å². The van der Waals surface area contributed by atoms with E-state index >= 15 is 0 Å². The van der Waals surface area contributed by atoms with Gasteiger partial charge in [-0.3, -0.25) is 0 Å². The minimum atomic E-state index is 0.754. The first-order valence-corrected chi connectivity index (χ1v) is 7.07. The van der Waals surface area contributed by atoms with Gasteiger partial charge >= 0.3 is 0 Å². The minimum absolute atomic E-state index is 0.754. The van der Waals surface area contributed by atoms with Crippen LogP contribution < -0.4 is 0 Å². The van der Waals surface area contributed by atoms with E-state index in [9.17, 15) is 0 Å². The Morgan fingerprint density at radius 2 is 2.38 bits per heavy atom. The highest BCUT2D eigenvalue weighted by Gasteiger charge is 2.17. The van der Waals surface area contributed by atoms with Gasteiger partial charge in [-0.2, -0.15) is 11.8 Å². The molecule has 1 rings (SSSR count). The summed E-state index contributed by atoms with van der Waals surface area (Å²) in [7, 11) is 0. The largest absolute Gasteiger partial charge is 0.303 e. The number of piperidine rings is 1. The molecule has 0 amide bonds. The summed E-state index contributed by atoms with van der Waals surface area (Å²) in [5.41, 5.74) is 0. The van der Waals surface area contributed by atoms with Gasteiger partial charge in [0.2, 0.25) is 0 Å². The summed E-state index contributed by atoms with van der Waals surface area (Å²) in [6.45, 7) is 3.80. The van der Waals surface area contributed by atoms with Crippen LogP contribution in [0.2, 0.25) is 0 Å². The highest BCUT2D eigenvalue weighted by atomic mass is 35.5. The highest BCUT2D eigenvalue weighted by Crippen LogP contribution is 2.17. The third-order valence-electron chi connectivity index (χ3n) is 2.64. The summed E-state index contributed by atoms with van der Waals surface area (Å²) in [6.07, 6.45) is 6.19. The second-order valence-electron chi connectivity index (χ2n) is 3.81. The molecule has 1 unspecified atom stereocenters. The fourth-order valence-electron chi connectivity index (χ4n) is 1.91. The maximum atomic E-state index is 5.88. The monoisotopic (exact) mass is 221 g/mol. The van der Waals surface area contributed by atoms with E-state index < -0.39 is 0 Å². The van der Waals surface area contributed by atoms with Crippen LogP contribution in [-0.2, 0) is 0 Å². The molecule has 0 spiro atoms. The standard InChI is InChI=1S/C10H20ClNS/c1-13-7-3-6-12-5-2-4-10(8-11)9-12/h10H,2-9H2,1H3. The van der Waals surface area contributed by atoms with Gasteiger partial charge in [0.25, 0.3) is 0 Å². The summed E-state index contributed by atoms with van der Waals surface area (Å²) in [5, 5.41) is 0. The Morgan fingerprint density at radius 1 is 1.54 bits per heavy atom. The molecule has 0 aromatic heterocycles. The van der Waals surface area contributed by atoms with Gasteiger partial charge < -0.3 is 4.90 Å². The zero-order valence-corrected chi connectivity index (χ0v) is 10.0. The lowest BCUT2D eigenvalue weighted by Crippen LogP contribution is -2.36. The van der Waals surface area contributed by atoms with Crippen molar-refractivity contribution in [1.82, 2.24) is 4.90 Å². The lowest BCUT2D eigenvalue weighted by atomic mass is 10.00. The van der Waals surface area contributed by atoms with E-state index in [4.69, 9.17) is 11.6 Å². The number of thioether (sulfide) groups is 1. The van der Waals surface area contributed by atoms with Gasteiger partial charge in [-0.1, -0.05) is 0 Å². The topological polar surface area (TPSA) is 3.24 Å². The number of nitrogens with zero attached hydrogens (tertiary/aromatic N) is 1. The molecule has 1 heterocycles. The Morgan fingerprint density at radius 3 is 3.08 bits per heavy atom. The van der Waals surface area contributed by atoms with E-state index in [1.165, 1.54) is 44.6 Å². The highest BCUT2D eigenvalue weighted by molar-refractivity contribution is 7.98. The number of likely N-dealkylation sites (tertiary alicyclic amines) is 1. The number of alkyl halides is 1. The van der Waals surface area contributed by atoms with E-state index in [0.717, 1.165) is 11.8 Å². The van der Waals surface area contributed by atoms with Crippen LogP contribution >= 0.6 is 23.4 Å². The van der Waals surface area contributed by atoms with Gasteiger partial charge in [0.15, 0.2) is 0 Å². The Hall–Kier alpha value is 0.600. The summed E-state index contributed by atoms with van der Waals surface area (Å²) < 4.78 is 0. The van der Waals surface area contributed by atoms with Crippen molar-refractivity contribution in [3.05, 3.63) is 0 Å². The first-order valence-electron chi connectivity index (χ1n) is 5.14. The maximum absolute atomic E-state index is 5.88. The van der Waals surface area contributed by atoms with Crippen LogP contribution in [0.3, 0.4) is 0 Å². The molecule has 1 aliphatic rings. The van der Waals surface area contributed by atoms with Crippen molar-refractivity contribution in [3.63, 3.8) is 0 Å². The Bertz CT molecular complexity index is 132. The molecule has 1 nitrogen and oxygen atoms in total. The molecule has 0 aliphatic carbocycles. The van der Waals surface area contributed by atoms with E-state index in [-0.39, 0.29) is 0 Å². The van der Waals surface area contributed by atoms with Crippen molar-refractivity contribution in [2.24, 2.45) is 5.92 Å². The smallest absolute Gasteiger partial charge is 0.0263 e. The molecule has 13 heavy (non-hydrogen) atoms. The van der Waals surface area contributed by atoms with E-state index in [1.807, 2.05) is 11.8 Å². The second kappa shape index (κ2) is 6.97.